The zero-order valence-electron chi connectivity index (χ0n) is 18.4. The molecule has 8 nitrogen and oxygen atoms in total. The van der Waals surface area contributed by atoms with E-state index in [-0.39, 0.29) is 5.92 Å². The Labute approximate surface area is 187 Å². The Morgan fingerprint density at radius 1 is 0.906 bits per heavy atom. The maximum atomic E-state index is 13.2. The quantitative estimate of drug-likeness (QED) is 0.627. The highest BCUT2D eigenvalue weighted by atomic mass is 16.5. The molecule has 0 N–H and O–H groups in total. The summed E-state index contributed by atoms with van der Waals surface area (Å²) in [5, 5.41) is 0. The van der Waals surface area contributed by atoms with Crippen molar-refractivity contribution < 1.29 is 9.53 Å². The third kappa shape index (κ3) is 4.17. The van der Waals surface area contributed by atoms with Gasteiger partial charge in [0.15, 0.2) is 5.65 Å². The number of ether oxygens (including phenoxy) is 1. The summed E-state index contributed by atoms with van der Waals surface area (Å²) in [6.07, 6.45) is 6.94. The summed E-state index contributed by atoms with van der Waals surface area (Å²) < 4.78 is 5.34. The van der Waals surface area contributed by atoms with Crippen molar-refractivity contribution in [2.24, 2.45) is 5.92 Å². The van der Waals surface area contributed by atoms with Gasteiger partial charge in [0.1, 0.15) is 11.3 Å². The van der Waals surface area contributed by atoms with Crippen molar-refractivity contribution in [2.45, 2.75) is 12.8 Å². The van der Waals surface area contributed by atoms with Gasteiger partial charge in [-0.2, -0.15) is 0 Å². The fourth-order valence-corrected chi connectivity index (χ4v) is 4.66. The molecular weight excluding hydrogens is 404 g/mol. The predicted octanol–water partition coefficient (Wildman–Crippen LogP) is 2.60. The van der Waals surface area contributed by atoms with E-state index < -0.39 is 0 Å². The first-order chi connectivity index (χ1) is 15.7. The summed E-state index contributed by atoms with van der Waals surface area (Å²) in [7, 11) is 1.69. The van der Waals surface area contributed by atoms with Gasteiger partial charge >= 0.3 is 0 Å². The first-order valence-electron chi connectivity index (χ1n) is 11.2. The Morgan fingerprint density at radius 2 is 1.66 bits per heavy atom. The van der Waals surface area contributed by atoms with Crippen LogP contribution in [-0.2, 0) is 4.79 Å². The lowest BCUT2D eigenvalue weighted by Crippen LogP contribution is -2.51. The number of aromatic nitrogens is 3. The predicted molar refractivity (Wildman–Crippen MR) is 124 cm³/mol. The normalized spacial score (nSPS) is 17.6. The van der Waals surface area contributed by atoms with Gasteiger partial charge < -0.3 is 19.4 Å². The van der Waals surface area contributed by atoms with Gasteiger partial charge in [-0.1, -0.05) is 6.07 Å². The molecule has 2 fully saturated rings. The van der Waals surface area contributed by atoms with Crippen LogP contribution >= 0.6 is 0 Å². The monoisotopic (exact) mass is 432 g/mol. The molecule has 2 saturated heterocycles. The summed E-state index contributed by atoms with van der Waals surface area (Å²) in [5.41, 5.74) is 3.67. The molecule has 2 aliphatic heterocycles. The lowest BCUT2D eigenvalue weighted by molar-refractivity contribution is -0.136. The van der Waals surface area contributed by atoms with E-state index >= 15 is 0 Å². The zero-order valence-corrected chi connectivity index (χ0v) is 18.4. The van der Waals surface area contributed by atoms with Gasteiger partial charge in [0.25, 0.3) is 0 Å². The largest absolute Gasteiger partial charge is 0.497 e. The van der Waals surface area contributed by atoms with Crippen LogP contribution in [0, 0.1) is 5.92 Å². The maximum Gasteiger partial charge on any atom is 0.225 e. The fourth-order valence-electron chi connectivity index (χ4n) is 4.66. The Hall–Kier alpha value is -3.42. The highest BCUT2D eigenvalue weighted by Gasteiger charge is 2.30. The number of piperidine rings is 1. The number of methoxy groups -OCH3 is 1. The van der Waals surface area contributed by atoms with Gasteiger partial charge in [0, 0.05) is 69.3 Å². The van der Waals surface area contributed by atoms with Gasteiger partial charge in [-0.3, -0.25) is 9.78 Å². The van der Waals surface area contributed by atoms with E-state index in [0.717, 1.165) is 74.8 Å². The molecule has 32 heavy (non-hydrogen) atoms. The number of hydrogen-bond acceptors (Lipinski definition) is 7. The van der Waals surface area contributed by atoms with Gasteiger partial charge in [0.05, 0.1) is 19.0 Å². The number of anilines is 2. The minimum Gasteiger partial charge on any atom is -0.497 e. The third-order valence-electron chi connectivity index (χ3n) is 6.53. The number of rotatable bonds is 4. The minimum absolute atomic E-state index is 0.0998. The van der Waals surface area contributed by atoms with Crippen LogP contribution in [0.25, 0.3) is 11.2 Å². The van der Waals surface area contributed by atoms with Gasteiger partial charge in [-0.05, 0) is 31.0 Å². The van der Waals surface area contributed by atoms with Crippen molar-refractivity contribution in [1.82, 2.24) is 19.9 Å². The molecule has 166 valence electrons. The smallest absolute Gasteiger partial charge is 0.225 e. The van der Waals surface area contributed by atoms with Crippen molar-refractivity contribution in [2.75, 3.05) is 56.2 Å². The van der Waals surface area contributed by atoms with E-state index in [1.54, 1.807) is 19.5 Å². The molecule has 5 rings (SSSR count). The maximum absolute atomic E-state index is 13.2. The third-order valence-corrected chi connectivity index (χ3v) is 6.53. The number of fused-ring (bicyclic) bond motifs is 1. The van der Waals surface area contributed by atoms with E-state index in [1.807, 2.05) is 29.3 Å². The average Bonchev–Trinajstić information content (AvgIpc) is 2.88. The van der Waals surface area contributed by atoms with Crippen LogP contribution in [0.2, 0.25) is 0 Å². The highest BCUT2D eigenvalue weighted by Crippen LogP contribution is 2.27. The van der Waals surface area contributed by atoms with Gasteiger partial charge in [-0.25, -0.2) is 9.97 Å². The van der Waals surface area contributed by atoms with E-state index in [1.165, 1.54) is 0 Å². The molecule has 0 saturated carbocycles. The standard InChI is InChI=1S/C24H28N6O2/c1-32-21-4-2-3-19(15-21)29-11-13-30(14-12-29)24(31)18-5-9-28(10-6-18)20-16-22-23(27-17-20)26-8-7-25-22/h2-4,7-8,15-18H,5-6,9-14H2,1H3. The lowest BCUT2D eigenvalue weighted by atomic mass is 9.94. The first-order valence-corrected chi connectivity index (χ1v) is 11.2. The summed E-state index contributed by atoms with van der Waals surface area (Å²) in [4.78, 5) is 32.8. The summed E-state index contributed by atoms with van der Waals surface area (Å²) in [5.74, 6) is 1.27. The number of piperazine rings is 1. The average molecular weight is 433 g/mol. The van der Waals surface area contributed by atoms with Gasteiger partial charge in [0.2, 0.25) is 5.91 Å². The van der Waals surface area contributed by atoms with E-state index in [9.17, 15) is 4.79 Å². The molecule has 2 aliphatic rings. The number of pyridine rings is 1. The second kappa shape index (κ2) is 8.98. The zero-order chi connectivity index (χ0) is 21.9. The Morgan fingerprint density at radius 3 is 2.44 bits per heavy atom. The first kappa shape index (κ1) is 20.5. The molecular formula is C24H28N6O2. The van der Waals surface area contributed by atoms with Crippen molar-refractivity contribution in [3.63, 3.8) is 0 Å². The molecule has 8 heteroatoms. The number of nitrogens with zero attached hydrogens (tertiary/aromatic N) is 6. The van der Waals surface area contributed by atoms with E-state index in [0.29, 0.717) is 11.6 Å². The van der Waals surface area contributed by atoms with Crippen LogP contribution in [-0.4, -0.2) is 72.1 Å². The second-order valence-electron chi connectivity index (χ2n) is 8.37. The molecule has 4 heterocycles. The fraction of sp³-hybridized carbons (Fsp3) is 0.417. The van der Waals surface area contributed by atoms with Crippen LogP contribution in [0.5, 0.6) is 5.75 Å². The molecule has 1 amide bonds. The lowest BCUT2D eigenvalue weighted by Gasteiger charge is -2.39. The van der Waals surface area contributed by atoms with Crippen LogP contribution in [0.4, 0.5) is 11.4 Å². The number of carbonyl (C=O) groups is 1. The molecule has 0 unspecified atom stereocenters. The number of carbonyl (C=O) groups excluding carboxylic acids is 1. The van der Waals surface area contributed by atoms with E-state index in [2.05, 4.69) is 36.9 Å². The Kier molecular flexibility index (Phi) is 5.75. The molecule has 0 bridgehead atoms. The topological polar surface area (TPSA) is 74.7 Å². The van der Waals surface area contributed by atoms with Crippen LogP contribution < -0.4 is 14.5 Å². The molecule has 0 atom stereocenters. The van der Waals surface area contributed by atoms with Crippen LogP contribution in [0.15, 0.2) is 48.9 Å². The van der Waals surface area contributed by atoms with Crippen molar-refractivity contribution >= 4 is 28.4 Å². The van der Waals surface area contributed by atoms with E-state index in [4.69, 9.17) is 4.74 Å². The van der Waals surface area contributed by atoms with Crippen molar-refractivity contribution in [1.29, 1.82) is 0 Å². The highest BCUT2D eigenvalue weighted by molar-refractivity contribution is 5.80. The SMILES string of the molecule is COc1cccc(N2CCN(C(=O)C3CCN(c4cnc5nccnc5c4)CC3)CC2)c1. The molecule has 0 radical (unpaired) electrons. The molecule has 3 aromatic rings. The molecule has 0 aliphatic carbocycles. The molecule has 2 aromatic heterocycles. The molecule has 1 aromatic carbocycles. The summed E-state index contributed by atoms with van der Waals surface area (Å²) >= 11 is 0. The van der Waals surface area contributed by atoms with Crippen LogP contribution in [0.3, 0.4) is 0 Å². The Balaban J connectivity index is 1.15. The Bertz CT molecular complexity index is 1090. The van der Waals surface area contributed by atoms with Crippen molar-refractivity contribution in [3.05, 3.63) is 48.9 Å². The second-order valence-corrected chi connectivity index (χ2v) is 8.37. The van der Waals surface area contributed by atoms with Gasteiger partial charge in [-0.15, -0.1) is 0 Å². The summed E-state index contributed by atoms with van der Waals surface area (Å²) in [6, 6.07) is 10.2. The number of amides is 1. The minimum atomic E-state index is 0.0998. The molecule has 0 spiro atoms. The number of hydrogen-bond donors (Lipinski definition) is 0. The van der Waals surface area contributed by atoms with Crippen molar-refractivity contribution in [3.8, 4) is 5.75 Å². The summed E-state index contributed by atoms with van der Waals surface area (Å²) in [6.45, 7) is 4.94. The van der Waals surface area contributed by atoms with Crippen LogP contribution in [0.1, 0.15) is 12.8 Å². The number of benzene rings is 1.